The van der Waals surface area contributed by atoms with Crippen LogP contribution in [0.25, 0.3) is 0 Å². The van der Waals surface area contributed by atoms with Crippen LogP contribution in [0.3, 0.4) is 0 Å². The second-order valence-electron chi connectivity index (χ2n) is 5.31. The van der Waals surface area contributed by atoms with Gasteiger partial charge in [-0.05, 0) is 59.8 Å². The predicted octanol–water partition coefficient (Wildman–Crippen LogP) is 2.04. The molecule has 1 aliphatic rings. The first-order valence-corrected chi connectivity index (χ1v) is 7.85. The molecule has 22 heavy (non-hydrogen) atoms. The van der Waals surface area contributed by atoms with Crippen LogP contribution in [0, 0.1) is 0 Å². The summed E-state index contributed by atoms with van der Waals surface area (Å²) in [7, 11) is 0. The van der Waals surface area contributed by atoms with Crippen LogP contribution in [0.2, 0.25) is 0 Å². The van der Waals surface area contributed by atoms with Gasteiger partial charge in [0.1, 0.15) is 0 Å². The fourth-order valence-electron chi connectivity index (χ4n) is 2.64. The Balaban J connectivity index is 1.97. The topological polar surface area (TPSA) is 116 Å². The summed E-state index contributed by atoms with van der Waals surface area (Å²) in [6, 6.07) is 5.50. The van der Waals surface area contributed by atoms with Gasteiger partial charge in [0.2, 0.25) is 0 Å². The fraction of sp³-hybridized carbons (Fsp3) is 0.429. The number of rotatable bonds is 4. The lowest BCUT2D eigenvalue weighted by Gasteiger charge is -2.30. The van der Waals surface area contributed by atoms with Crippen molar-refractivity contribution in [3.63, 3.8) is 0 Å². The largest absolute Gasteiger partial charge is 0.465 e. The van der Waals surface area contributed by atoms with E-state index in [2.05, 4.69) is 32.0 Å². The number of halogens is 1. The molecule has 0 aliphatic heterocycles. The van der Waals surface area contributed by atoms with Gasteiger partial charge in [0, 0.05) is 27.8 Å². The summed E-state index contributed by atoms with van der Waals surface area (Å²) in [5, 5.41) is 14.6. The minimum Gasteiger partial charge on any atom is -0.465 e. The van der Waals surface area contributed by atoms with Crippen LogP contribution >= 0.6 is 15.9 Å². The van der Waals surface area contributed by atoms with Crippen LogP contribution in [-0.4, -0.2) is 29.2 Å². The first kappa shape index (κ1) is 16.6. The van der Waals surface area contributed by atoms with Gasteiger partial charge in [-0.15, -0.1) is 0 Å². The molecule has 0 saturated heterocycles. The molecule has 1 aromatic carbocycles. The Morgan fingerprint density at radius 2 is 1.82 bits per heavy atom. The number of hydrogen-bond acceptors (Lipinski definition) is 4. The van der Waals surface area contributed by atoms with Crippen molar-refractivity contribution < 1.29 is 14.7 Å². The van der Waals surface area contributed by atoms with E-state index in [1.165, 1.54) is 0 Å². The Morgan fingerprint density at radius 1 is 1.18 bits per heavy atom. The van der Waals surface area contributed by atoms with E-state index in [1.807, 2.05) is 0 Å². The van der Waals surface area contributed by atoms with Crippen molar-refractivity contribution in [3.05, 3.63) is 28.2 Å². The summed E-state index contributed by atoms with van der Waals surface area (Å²) in [5.74, 6) is 4.80. The van der Waals surface area contributed by atoms with Gasteiger partial charge in [0.05, 0.1) is 0 Å². The maximum Gasteiger partial charge on any atom is 0.404 e. The number of anilines is 1. The molecule has 2 rings (SSSR count). The summed E-state index contributed by atoms with van der Waals surface area (Å²) in [5.41, 5.74) is 3.42. The highest BCUT2D eigenvalue weighted by molar-refractivity contribution is 9.10. The van der Waals surface area contributed by atoms with Crippen LogP contribution in [0.15, 0.2) is 22.7 Å². The Morgan fingerprint density at radius 3 is 2.41 bits per heavy atom. The molecule has 7 nitrogen and oxygen atoms in total. The van der Waals surface area contributed by atoms with E-state index in [0.717, 1.165) is 35.8 Å². The minimum atomic E-state index is -0.973. The summed E-state index contributed by atoms with van der Waals surface area (Å²) in [4.78, 5) is 22.2. The van der Waals surface area contributed by atoms with Crippen molar-refractivity contribution in [2.24, 2.45) is 5.84 Å². The second-order valence-corrected chi connectivity index (χ2v) is 6.16. The molecule has 1 aliphatic carbocycles. The third-order valence-electron chi connectivity index (χ3n) is 3.77. The van der Waals surface area contributed by atoms with Gasteiger partial charge >= 0.3 is 6.09 Å². The molecule has 6 N–H and O–H groups in total. The molecule has 0 aromatic heterocycles. The van der Waals surface area contributed by atoms with Crippen LogP contribution in [-0.2, 0) is 0 Å². The Kier molecular flexibility index (Phi) is 5.62. The molecule has 2 amide bonds. The number of carbonyl (C=O) groups is 2. The van der Waals surface area contributed by atoms with E-state index < -0.39 is 6.09 Å². The first-order chi connectivity index (χ1) is 10.5. The molecule has 1 aromatic rings. The van der Waals surface area contributed by atoms with Gasteiger partial charge in [-0.25, -0.2) is 10.6 Å². The van der Waals surface area contributed by atoms with Gasteiger partial charge in [-0.1, -0.05) is 0 Å². The molecule has 0 spiro atoms. The number of hydrazine groups is 1. The van der Waals surface area contributed by atoms with E-state index in [1.54, 1.807) is 18.2 Å². The van der Waals surface area contributed by atoms with Gasteiger partial charge < -0.3 is 15.7 Å². The number of carbonyl (C=O) groups excluding carboxylic acids is 1. The monoisotopic (exact) mass is 370 g/mol. The summed E-state index contributed by atoms with van der Waals surface area (Å²) in [6.45, 7) is 0. The molecule has 0 heterocycles. The molecule has 0 bridgehead atoms. The highest BCUT2D eigenvalue weighted by Gasteiger charge is 2.22. The summed E-state index contributed by atoms with van der Waals surface area (Å²) < 4.78 is 0.867. The third kappa shape index (κ3) is 4.35. The van der Waals surface area contributed by atoms with Gasteiger partial charge in [0.15, 0.2) is 0 Å². The lowest BCUT2D eigenvalue weighted by atomic mass is 9.91. The molecule has 0 unspecified atom stereocenters. The molecule has 0 radical (unpaired) electrons. The standard InChI is InChI=1S/C14H19BrN4O3/c15-11-6-1-8(13(20)19-16)7-12(11)17-9-2-4-10(5-3-9)18-14(21)22/h1,6-7,9-10,17-18H,2-5,16H2,(H,19,20)(H,21,22)/t9-,10-. The normalized spacial score (nSPS) is 21.0. The molecule has 120 valence electrons. The van der Waals surface area contributed by atoms with Crippen molar-refractivity contribution in [3.8, 4) is 0 Å². The van der Waals surface area contributed by atoms with Crippen molar-refractivity contribution in [2.75, 3.05) is 5.32 Å². The maximum absolute atomic E-state index is 11.6. The van der Waals surface area contributed by atoms with E-state index in [4.69, 9.17) is 10.9 Å². The van der Waals surface area contributed by atoms with Crippen LogP contribution in [0.5, 0.6) is 0 Å². The van der Waals surface area contributed by atoms with Gasteiger partial charge in [0.25, 0.3) is 5.91 Å². The Hall–Kier alpha value is -1.80. The molecule has 8 heteroatoms. The molecule has 0 atom stereocenters. The molecule has 1 fully saturated rings. The van der Waals surface area contributed by atoms with E-state index in [0.29, 0.717) is 5.56 Å². The fourth-order valence-corrected chi connectivity index (χ4v) is 3.00. The lowest BCUT2D eigenvalue weighted by Crippen LogP contribution is -2.39. The van der Waals surface area contributed by atoms with E-state index in [9.17, 15) is 9.59 Å². The number of benzene rings is 1. The average Bonchev–Trinajstić information content (AvgIpc) is 2.50. The van der Waals surface area contributed by atoms with E-state index >= 15 is 0 Å². The number of nitrogen functional groups attached to an aromatic ring is 1. The SMILES string of the molecule is NNC(=O)c1ccc(Br)c(N[C@H]2CC[C@H](NC(=O)O)CC2)c1. The van der Waals surface area contributed by atoms with Crippen molar-refractivity contribution in [2.45, 2.75) is 37.8 Å². The number of hydrogen-bond donors (Lipinski definition) is 5. The van der Waals surface area contributed by atoms with Gasteiger partial charge in [-0.3, -0.25) is 10.2 Å². The quantitative estimate of drug-likeness (QED) is 0.316. The molecular weight excluding hydrogens is 352 g/mol. The zero-order valence-corrected chi connectivity index (χ0v) is 13.5. The van der Waals surface area contributed by atoms with Crippen LogP contribution in [0.4, 0.5) is 10.5 Å². The lowest BCUT2D eigenvalue weighted by molar-refractivity contribution is 0.0953. The van der Waals surface area contributed by atoms with Crippen molar-refractivity contribution in [1.82, 2.24) is 10.7 Å². The highest BCUT2D eigenvalue weighted by Crippen LogP contribution is 2.28. The highest BCUT2D eigenvalue weighted by atomic mass is 79.9. The third-order valence-corrected chi connectivity index (χ3v) is 4.47. The molecular formula is C14H19BrN4O3. The first-order valence-electron chi connectivity index (χ1n) is 7.06. The summed E-state index contributed by atoms with van der Waals surface area (Å²) >= 11 is 3.46. The number of carboxylic acid groups (broad SMARTS) is 1. The van der Waals surface area contributed by atoms with Crippen LogP contribution < -0.4 is 21.9 Å². The smallest absolute Gasteiger partial charge is 0.404 e. The maximum atomic E-state index is 11.6. The Bertz CT molecular complexity index is 559. The van der Waals surface area contributed by atoms with Crippen LogP contribution in [0.1, 0.15) is 36.0 Å². The van der Waals surface area contributed by atoms with Crippen molar-refractivity contribution >= 4 is 33.6 Å². The minimum absolute atomic E-state index is 0.0216. The Labute approximate surface area is 136 Å². The molecule has 1 saturated carbocycles. The number of amides is 2. The average molecular weight is 371 g/mol. The second kappa shape index (κ2) is 7.46. The van der Waals surface area contributed by atoms with E-state index in [-0.39, 0.29) is 18.0 Å². The predicted molar refractivity (Wildman–Crippen MR) is 86.6 cm³/mol. The van der Waals surface area contributed by atoms with Gasteiger partial charge in [-0.2, -0.15) is 0 Å². The summed E-state index contributed by atoms with van der Waals surface area (Å²) in [6.07, 6.45) is 2.35. The zero-order valence-electron chi connectivity index (χ0n) is 11.9. The zero-order chi connectivity index (χ0) is 16.1. The number of nitrogens with one attached hydrogen (secondary N) is 3. The number of nitrogens with two attached hydrogens (primary N) is 1. The van der Waals surface area contributed by atoms with Crippen molar-refractivity contribution in [1.29, 1.82) is 0 Å².